The highest BCUT2D eigenvalue weighted by Crippen LogP contribution is 2.41. The standard InChI is InChI=1S/C17H21NO3/c18-12-13-2-1-3-14(10-13)16(19)15-4-7-21-17(11-15)5-8-20-9-6-17/h1-3,10,15-16,19H,4-9,11H2. The van der Waals surface area contributed by atoms with Gasteiger partial charge < -0.3 is 14.6 Å². The van der Waals surface area contributed by atoms with E-state index in [1.54, 1.807) is 12.1 Å². The Morgan fingerprint density at radius 1 is 1.29 bits per heavy atom. The highest BCUT2D eigenvalue weighted by atomic mass is 16.5. The Hall–Kier alpha value is -1.41. The van der Waals surface area contributed by atoms with Crippen molar-refractivity contribution in [2.45, 2.75) is 37.4 Å². The second kappa shape index (κ2) is 6.15. The van der Waals surface area contributed by atoms with Gasteiger partial charge in [0.2, 0.25) is 0 Å². The summed E-state index contributed by atoms with van der Waals surface area (Å²) in [5, 5.41) is 19.7. The minimum atomic E-state index is -0.526. The quantitative estimate of drug-likeness (QED) is 0.908. The predicted octanol–water partition coefficient (Wildman–Crippen LogP) is 2.57. The summed E-state index contributed by atoms with van der Waals surface area (Å²) in [6, 6.07) is 9.42. The highest BCUT2D eigenvalue weighted by molar-refractivity contribution is 5.34. The molecular formula is C17H21NO3. The van der Waals surface area contributed by atoms with Crippen molar-refractivity contribution >= 4 is 0 Å². The molecule has 3 rings (SSSR count). The van der Waals surface area contributed by atoms with E-state index in [1.165, 1.54) is 0 Å². The zero-order valence-corrected chi connectivity index (χ0v) is 12.1. The topological polar surface area (TPSA) is 62.5 Å². The van der Waals surface area contributed by atoms with Gasteiger partial charge in [0.1, 0.15) is 0 Å². The molecule has 0 aromatic heterocycles. The van der Waals surface area contributed by atoms with E-state index < -0.39 is 6.10 Å². The van der Waals surface area contributed by atoms with E-state index >= 15 is 0 Å². The third-order valence-electron chi connectivity index (χ3n) is 4.74. The molecule has 2 fully saturated rings. The van der Waals surface area contributed by atoms with Gasteiger partial charge in [-0.3, -0.25) is 0 Å². The molecule has 2 aliphatic heterocycles. The number of aliphatic hydroxyl groups excluding tert-OH is 1. The van der Waals surface area contributed by atoms with Crippen LogP contribution in [0, 0.1) is 17.2 Å². The molecule has 0 bridgehead atoms. The van der Waals surface area contributed by atoms with Gasteiger partial charge in [0.05, 0.1) is 23.3 Å². The van der Waals surface area contributed by atoms with Gasteiger partial charge in [-0.1, -0.05) is 12.1 Å². The maximum absolute atomic E-state index is 10.7. The largest absolute Gasteiger partial charge is 0.388 e. The van der Waals surface area contributed by atoms with Gasteiger partial charge in [-0.15, -0.1) is 0 Å². The molecule has 4 nitrogen and oxygen atoms in total. The van der Waals surface area contributed by atoms with Crippen molar-refractivity contribution in [3.8, 4) is 6.07 Å². The van der Waals surface area contributed by atoms with Gasteiger partial charge in [-0.05, 0) is 49.3 Å². The summed E-state index contributed by atoms with van der Waals surface area (Å²) in [7, 11) is 0. The van der Waals surface area contributed by atoms with Crippen LogP contribution in [0.15, 0.2) is 24.3 Å². The average molecular weight is 287 g/mol. The monoisotopic (exact) mass is 287 g/mol. The first kappa shape index (κ1) is 14.5. The lowest BCUT2D eigenvalue weighted by atomic mass is 9.77. The number of nitriles is 1. The zero-order chi connectivity index (χ0) is 14.7. The van der Waals surface area contributed by atoms with E-state index in [-0.39, 0.29) is 11.5 Å². The van der Waals surface area contributed by atoms with Gasteiger partial charge in [0.15, 0.2) is 0 Å². The first-order chi connectivity index (χ1) is 10.2. The van der Waals surface area contributed by atoms with Crippen molar-refractivity contribution in [3.05, 3.63) is 35.4 Å². The van der Waals surface area contributed by atoms with Crippen molar-refractivity contribution < 1.29 is 14.6 Å². The molecule has 2 unspecified atom stereocenters. The lowest BCUT2D eigenvalue weighted by molar-refractivity contribution is -0.159. The van der Waals surface area contributed by atoms with E-state index in [4.69, 9.17) is 14.7 Å². The number of benzene rings is 1. The van der Waals surface area contributed by atoms with Crippen molar-refractivity contribution in [1.82, 2.24) is 0 Å². The minimum Gasteiger partial charge on any atom is -0.388 e. The molecular weight excluding hydrogens is 266 g/mol. The van der Waals surface area contributed by atoms with Crippen LogP contribution in [0.25, 0.3) is 0 Å². The van der Waals surface area contributed by atoms with E-state index in [0.717, 1.165) is 44.5 Å². The Balaban J connectivity index is 1.74. The molecule has 2 heterocycles. The summed E-state index contributed by atoms with van der Waals surface area (Å²) in [6.07, 6.45) is 3.03. The number of aliphatic hydroxyl groups is 1. The summed E-state index contributed by atoms with van der Waals surface area (Å²) < 4.78 is 11.5. The number of hydrogen-bond donors (Lipinski definition) is 1. The van der Waals surface area contributed by atoms with Crippen LogP contribution in [0.5, 0.6) is 0 Å². The van der Waals surface area contributed by atoms with Gasteiger partial charge >= 0.3 is 0 Å². The smallest absolute Gasteiger partial charge is 0.0991 e. The Bertz CT molecular complexity index is 526. The molecule has 4 heteroatoms. The van der Waals surface area contributed by atoms with E-state index in [0.29, 0.717) is 12.2 Å². The Morgan fingerprint density at radius 3 is 2.86 bits per heavy atom. The summed E-state index contributed by atoms with van der Waals surface area (Å²) >= 11 is 0. The normalized spacial score (nSPS) is 26.2. The second-order valence-corrected chi connectivity index (χ2v) is 6.08. The number of nitrogens with zero attached hydrogens (tertiary/aromatic N) is 1. The summed E-state index contributed by atoms with van der Waals surface area (Å²) in [5.41, 5.74) is 1.32. The Kier molecular flexibility index (Phi) is 4.25. The fourth-order valence-corrected chi connectivity index (χ4v) is 3.49. The predicted molar refractivity (Wildman–Crippen MR) is 77.6 cm³/mol. The molecule has 1 aromatic rings. The summed E-state index contributed by atoms with van der Waals surface area (Å²) in [4.78, 5) is 0. The van der Waals surface area contributed by atoms with Gasteiger partial charge in [-0.25, -0.2) is 0 Å². The number of rotatable bonds is 2. The molecule has 1 N–H and O–H groups in total. The van der Waals surface area contributed by atoms with Gasteiger partial charge in [-0.2, -0.15) is 5.26 Å². The fraction of sp³-hybridized carbons (Fsp3) is 0.588. The number of ether oxygens (including phenoxy) is 2. The Morgan fingerprint density at radius 2 is 2.10 bits per heavy atom. The second-order valence-electron chi connectivity index (χ2n) is 6.08. The van der Waals surface area contributed by atoms with Crippen molar-refractivity contribution in [1.29, 1.82) is 5.26 Å². The third-order valence-corrected chi connectivity index (χ3v) is 4.74. The Labute approximate surface area is 125 Å². The SMILES string of the molecule is N#Cc1cccc(C(O)C2CCOC3(CCOCC3)C2)c1. The maximum Gasteiger partial charge on any atom is 0.0991 e. The van der Waals surface area contributed by atoms with Gasteiger partial charge in [0.25, 0.3) is 0 Å². The summed E-state index contributed by atoms with van der Waals surface area (Å²) in [5.74, 6) is 0.186. The van der Waals surface area contributed by atoms with Crippen LogP contribution in [0.2, 0.25) is 0 Å². The molecule has 0 radical (unpaired) electrons. The van der Waals surface area contributed by atoms with E-state index in [9.17, 15) is 5.11 Å². The van der Waals surface area contributed by atoms with Crippen LogP contribution in [0.1, 0.15) is 42.9 Å². The lowest BCUT2D eigenvalue weighted by Gasteiger charge is -2.44. The maximum atomic E-state index is 10.7. The van der Waals surface area contributed by atoms with Crippen molar-refractivity contribution in [3.63, 3.8) is 0 Å². The highest BCUT2D eigenvalue weighted by Gasteiger charge is 2.41. The van der Waals surface area contributed by atoms with Crippen LogP contribution in [0.4, 0.5) is 0 Å². The van der Waals surface area contributed by atoms with E-state index in [1.807, 2.05) is 12.1 Å². The van der Waals surface area contributed by atoms with E-state index in [2.05, 4.69) is 6.07 Å². The first-order valence-corrected chi connectivity index (χ1v) is 7.62. The molecule has 1 aromatic carbocycles. The molecule has 1 spiro atoms. The zero-order valence-electron chi connectivity index (χ0n) is 12.1. The van der Waals surface area contributed by atoms with Gasteiger partial charge in [0, 0.05) is 19.8 Å². The molecule has 2 atom stereocenters. The minimum absolute atomic E-state index is 0.116. The first-order valence-electron chi connectivity index (χ1n) is 7.62. The van der Waals surface area contributed by atoms with Crippen molar-refractivity contribution in [2.24, 2.45) is 5.92 Å². The van der Waals surface area contributed by atoms with Crippen LogP contribution in [-0.2, 0) is 9.47 Å². The van der Waals surface area contributed by atoms with Crippen LogP contribution < -0.4 is 0 Å². The average Bonchev–Trinajstić information content (AvgIpc) is 2.55. The third kappa shape index (κ3) is 3.11. The van der Waals surface area contributed by atoms with Crippen LogP contribution in [-0.4, -0.2) is 30.5 Å². The van der Waals surface area contributed by atoms with Crippen LogP contribution >= 0.6 is 0 Å². The summed E-state index contributed by atoms with van der Waals surface area (Å²) in [6.45, 7) is 2.18. The molecule has 2 saturated heterocycles. The molecule has 112 valence electrons. The lowest BCUT2D eigenvalue weighted by Crippen LogP contribution is -2.45. The number of hydrogen-bond acceptors (Lipinski definition) is 4. The molecule has 0 aliphatic carbocycles. The molecule has 0 saturated carbocycles. The fourth-order valence-electron chi connectivity index (χ4n) is 3.49. The molecule has 21 heavy (non-hydrogen) atoms. The molecule has 0 amide bonds. The van der Waals surface area contributed by atoms with Crippen LogP contribution in [0.3, 0.4) is 0 Å². The molecule has 2 aliphatic rings. The van der Waals surface area contributed by atoms with Crippen molar-refractivity contribution in [2.75, 3.05) is 19.8 Å².